The van der Waals surface area contributed by atoms with E-state index in [1.54, 1.807) is 0 Å². The molecule has 5 heteroatoms. The molecule has 0 amide bonds. The molecule has 0 bridgehead atoms. The molecule has 0 atom stereocenters. The number of benzene rings is 3. The van der Waals surface area contributed by atoms with Crippen molar-refractivity contribution in [2.75, 3.05) is 0 Å². The van der Waals surface area contributed by atoms with Gasteiger partial charge in [-0.2, -0.15) is 0 Å². The highest BCUT2D eigenvalue weighted by atomic mass is 15.3. The van der Waals surface area contributed by atoms with Crippen LogP contribution in [0.4, 0.5) is 0 Å². The van der Waals surface area contributed by atoms with Gasteiger partial charge in [0.1, 0.15) is 0 Å². The zero-order valence-electron chi connectivity index (χ0n) is 25.6. The molecule has 5 nitrogen and oxygen atoms in total. The summed E-state index contributed by atoms with van der Waals surface area (Å²) in [6.45, 7) is 13.2. The maximum atomic E-state index is 5.24. The smallest absolute Gasteiger partial charge is 0.182 e. The average Bonchev–Trinajstić information content (AvgIpc) is 3.44. The van der Waals surface area contributed by atoms with E-state index < -0.39 is 0 Å². The minimum absolute atomic E-state index is 0.0589. The fourth-order valence-corrected chi connectivity index (χ4v) is 5.61. The van der Waals surface area contributed by atoms with E-state index in [2.05, 4.69) is 114 Å². The van der Waals surface area contributed by atoms with E-state index in [0.29, 0.717) is 5.82 Å². The van der Waals surface area contributed by atoms with Crippen molar-refractivity contribution < 1.29 is 0 Å². The molecule has 7 rings (SSSR count). The van der Waals surface area contributed by atoms with Crippen molar-refractivity contribution in [1.29, 1.82) is 0 Å². The van der Waals surface area contributed by atoms with Gasteiger partial charge in [-0.05, 0) is 47.0 Å². The van der Waals surface area contributed by atoms with Gasteiger partial charge in [-0.1, -0.05) is 108 Å². The number of hydrogen-bond donors (Lipinski definition) is 0. The standard InChI is InChI=1S/C38H35N5/c1-37(2,3)31-20-18-25-17-19-29-30(23-32(38(4,5)6)40-34(29)33(25)39-31)26-14-10-15-27(22-26)35-41-36-28(16-11-21-43(36)42-35)24-12-8-7-9-13-24/h7-23H,1-6H3. The van der Waals surface area contributed by atoms with E-state index in [1.165, 1.54) is 0 Å². The lowest BCUT2D eigenvalue weighted by Gasteiger charge is -2.22. The van der Waals surface area contributed by atoms with Crippen LogP contribution in [-0.4, -0.2) is 24.6 Å². The molecule has 0 radical (unpaired) electrons. The van der Waals surface area contributed by atoms with Crippen LogP contribution in [0.5, 0.6) is 0 Å². The Morgan fingerprint density at radius 3 is 2.00 bits per heavy atom. The lowest BCUT2D eigenvalue weighted by atomic mass is 9.87. The Labute approximate surface area is 252 Å². The van der Waals surface area contributed by atoms with Crippen LogP contribution in [0.1, 0.15) is 52.9 Å². The summed E-state index contributed by atoms with van der Waals surface area (Å²) < 4.78 is 1.87. The monoisotopic (exact) mass is 561 g/mol. The Kier molecular flexibility index (Phi) is 6.17. The van der Waals surface area contributed by atoms with E-state index in [1.807, 2.05) is 35.0 Å². The number of fused-ring (bicyclic) bond motifs is 4. The van der Waals surface area contributed by atoms with Gasteiger partial charge in [-0.3, -0.25) is 0 Å². The van der Waals surface area contributed by atoms with Crippen molar-refractivity contribution in [2.45, 2.75) is 52.4 Å². The van der Waals surface area contributed by atoms with Crippen LogP contribution in [0.15, 0.2) is 103 Å². The maximum absolute atomic E-state index is 5.24. The summed E-state index contributed by atoms with van der Waals surface area (Å²) >= 11 is 0. The number of pyridine rings is 3. The summed E-state index contributed by atoms with van der Waals surface area (Å²) in [6.07, 6.45) is 1.96. The third-order valence-corrected chi connectivity index (χ3v) is 8.05. The first-order chi connectivity index (χ1) is 20.6. The van der Waals surface area contributed by atoms with E-state index in [-0.39, 0.29) is 10.8 Å². The Balaban J connectivity index is 1.42. The Morgan fingerprint density at radius 1 is 0.535 bits per heavy atom. The number of rotatable bonds is 3. The molecular formula is C38H35N5. The first kappa shape index (κ1) is 27.0. The van der Waals surface area contributed by atoms with Crippen LogP contribution in [0.25, 0.3) is 61.1 Å². The average molecular weight is 562 g/mol. The molecule has 7 aromatic rings. The van der Waals surface area contributed by atoms with Gasteiger partial charge in [0, 0.05) is 50.3 Å². The summed E-state index contributed by atoms with van der Waals surface area (Å²) in [4.78, 5) is 15.4. The lowest BCUT2D eigenvalue weighted by Crippen LogP contribution is -2.15. The minimum Gasteiger partial charge on any atom is -0.250 e. The second-order valence-corrected chi connectivity index (χ2v) is 13.4. The fraction of sp³-hybridized carbons (Fsp3) is 0.211. The zero-order valence-corrected chi connectivity index (χ0v) is 25.6. The molecule has 0 aliphatic heterocycles. The van der Waals surface area contributed by atoms with Gasteiger partial charge in [0.15, 0.2) is 11.5 Å². The van der Waals surface area contributed by atoms with Crippen molar-refractivity contribution in [3.8, 4) is 33.6 Å². The largest absolute Gasteiger partial charge is 0.250 e. The van der Waals surface area contributed by atoms with Gasteiger partial charge in [0.2, 0.25) is 0 Å². The highest BCUT2D eigenvalue weighted by Gasteiger charge is 2.22. The number of hydrogen-bond acceptors (Lipinski definition) is 4. The van der Waals surface area contributed by atoms with Crippen LogP contribution in [0, 0.1) is 0 Å². The maximum Gasteiger partial charge on any atom is 0.182 e. The topological polar surface area (TPSA) is 56.0 Å². The number of aromatic nitrogens is 5. The molecule has 0 unspecified atom stereocenters. The van der Waals surface area contributed by atoms with Crippen molar-refractivity contribution in [3.63, 3.8) is 0 Å². The molecule has 4 aromatic heterocycles. The van der Waals surface area contributed by atoms with E-state index in [0.717, 1.165) is 66.7 Å². The molecule has 0 aliphatic rings. The van der Waals surface area contributed by atoms with Crippen molar-refractivity contribution in [1.82, 2.24) is 24.6 Å². The minimum atomic E-state index is -0.138. The van der Waals surface area contributed by atoms with Gasteiger partial charge in [-0.25, -0.2) is 19.5 Å². The third kappa shape index (κ3) is 4.85. The Morgan fingerprint density at radius 2 is 1.23 bits per heavy atom. The lowest BCUT2D eigenvalue weighted by molar-refractivity contribution is 0.570. The van der Waals surface area contributed by atoms with Crippen molar-refractivity contribution in [3.05, 3.63) is 115 Å². The summed E-state index contributed by atoms with van der Waals surface area (Å²) in [7, 11) is 0. The quantitative estimate of drug-likeness (QED) is 0.202. The third-order valence-electron chi connectivity index (χ3n) is 8.05. The predicted molar refractivity (Wildman–Crippen MR) is 177 cm³/mol. The van der Waals surface area contributed by atoms with E-state index in [9.17, 15) is 0 Å². The summed E-state index contributed by atoms with van der Waals surface area (Å²) in [6, 6.07) is 33.9. The molecule has 0 aliphatic carbocycles. The van der Waals surface area contributed by atoms with Crippen LogP contribution in [-0.2, 0) is 10.8 Å². The molecule has 0 N–H and O–H groups in total. The van der Waals surface area contributed by atoms with Gasteiger partial charge in [0.25, 0.3) is 0 Å². The van der Waals surface area contributed by atoms with Crippen molar-refractivity contribution in [2.24, 2.45) is 0 Å². The molecular weight excluding hydrogens is 526 g/mol. The Bertz CT molecular complexity index is 2140. The number of nitrogens with zero attached hydrogens (tertiary/aromatic N) is 5. The van der Waals surface area contributed by atoms with Gasteiger partial charge in [0.05, 0.1) is 11.0 Å². The second-order valence-electron chi connectivity index (χ2n) is 13.4. The summed E-state index contributed by atoms with van der Waals surface area (Å²) in [5.74, 6) is 0.696. The summed E-state index contributed by atoms with van der Waals surface area (Å²) in [5, 5.41) is 7.07. The van der Waals surface area contributed by atoms with Gasteiger partial charge >= 0.3 is 0 Å². The van der Waals surface area contributed by atoms with Crippen LogP contribution >= 0.6 is 0 Å². The normalized spacial score (nSPS) is 12.4. The van der Waals surface area contributed by atoms with Crippen LogP contribution in [0.3, 0.4) is 0 Å². The van der Waals surface area contributed by atoms with Gasteiger partial charge < -0.3 is 0 Å². The van der Waals surface area contributed by atoms with E-state index in [4.69, 9.17) is 20.1 Å². The SMILES string of the molecule is CC(C)(C)c1ccc2ccc3c(-c4cccc(-c5nc6c(-c7ccccc7)cccn6n5)c4)cc(C(C)(C)C)nc3c2n1. The molecule has 43 heavy (non-hydrogen) atoms. The fourth-order valence-electron chi connectivity index (χ4n) is 5.61. The highest BCUT2D eigenvalue weighted by molar-refractivity contribution is 6.08. The molecule has 3 aromatic carbocycles. The first-order valence-corrected chi connectivity index (χ1v) is 14.8. The predicted octanol–water partition coefficient (Wildman–Crippen LogP) is 9.42. The molecule has 212 valence electrons. The Hall–Kier alpha value is -4.90. The van der Waals surface area contributed by atoms with E-state index >= 15 is 0 Å². The molecule has 0 saturated heterocycles. The highest BCUT2D eigenvalue weighted by Crippen LogP contribution is 2.37. The second kappa shape index (κ2) is 9.84. The summed E-state index contributed by atoms with van der Waals surface area (Å²) in [5.41, 5.74) is 10.0. The molecule has 0 fully saturated rings. The van der Waals surface area contributed by atoms with Crippen LogP contribution < -0.4 is 0 Å². The van der Waals surface area contributed by atoms with Crippen LogP contribution in [0.2, 0.25) is 0 Å². The van der Waals surface area contributed by atoms with Crippen molar-refractivity contribution >= 4 is 27.5 Å². The molecule has 0 saturated carbocycles. The molecule has 4 heterocycles. The zero-order chi connectivity index (χ0) is 29.9. The first-order valence-electron chi connectivity index (χ1n) is 14.8. The molecule has 0 spiro atoms. The van der Waals surface area contributed by atoms with Gasteiger partial charge in [-0.15, -0.1) is 5.10 Å².